The third-order valence-electron chi connectivity index (χ3n) is 20.8. The molecule has 20 nitrogen and oxygen atoms in total. The number of carbonyl (C=O) groups is 5. The number of ether oxygens (including phenoxy) is 3. The molecule has 3 fully saturated rings. The van der Waals surface area contributed by atoms with Crippen LogP contribution < -0.4 is 14.8 Å². The number of carboxylic acids is 4. The van der Waals surface area contributed by atoms with E-state index in [1.165, 1.54) is 60.9 Å². The van der Waals surface area contributed by atoms with Gasteiger partial charge < -0.3 is 55.1 Å². The second-order valence-corrected chi connectivity index (χ2v) is 29.3. The molecule has 0 aliphatic carbocycles. The van der Waals surface area contributed by atoms with E-state index < -0.39 is 46.9 Å². The SMILES string of the molecule is CC(C)(C(=O)O)c1ccc(C(O)CCCN2CCC(C(O)(c3ccccc3)c3ccccc3)CC2)cc1.COc1ccc(/C=C/C(=O)Nc2ccccc2C(=O)O)cc1OC.Cc1ccc(/C(=C\CN2CCCC2)c2cccc(/C=C/C(=O)O)n2)cc1.O=C(O)COCCN1CCN(C(c2ccccc2)c2ccc(Cl)cc2)CC1. The number of nitrogens with one attached hydrogen (secondary N) is 1. The molecule has 3 aliphatic heterocycles. The fourth-order valence-corrected chi connectivity index (χ4v) is 14.4. The predicted octanol–water partition coefficient (Wildman–Crippen LogP) is 15.7. The van der Waals surface area contributed by atoms with Gasteiger partial charge in [0, 0.05) is 62.0 Å². The third kappa shape index (κ3) is 25.8. The minimum atomic E-state index is -1.10. The number of aromatic carboxylic acids is 1. The zero-order chi connectivity index (χ0) is 81.4. The first-order valence-corrected chi connectivity index (χ1v) is 39.0. The topological polar surface area (TPSA) is 272 Å². The number of piperidine rings is 1. The first-order valence-electron chi connectivity index (χ1n) is 38.6. The summed E-state index contributed by atoms with van der Waals surface area (Å²) in [5.41, 5.74) is 9.95. The number of hydrogen-bond acceptors (Lipinski definition) is 15. The molecule has 8 aromatic carbocycles. The van der Waals surface area contributed by atoms with Crippen molar-refractivity contribution in [3.63, 3.8) is 0 Å². The molecule has 4 heterocycles. The number of methoxy groups -OCH3 is 2. The van der Waals surface area contributed by atoms with E-state index in [1.54, 1.807) is 69.5 Å². The molecule has 12 rings (SSSR count). The smallest absolute Gasteiger partial charge is 0.337 e. The molecule has 0 bridgehead atoms. The number of anilines is 1. The summed E-state index contributed by atoms with van der Waals surface area (Å²) >= 11 is 6.08. The Morgan fingerprint density at radius 3 is 1.78 bits per heavy atom. The Morgan fingerprint density at radius 2 is 1.18 bits per heavy atom. The molecule has 598 valence electrons. The van der Waals surface area contributed by atoms with Crippen molar-refractivity contribution in [3.05, 3.63) is 315 Å². The second kappa shape index (κ2) is 43.9. The summed E-state index contributed by atoms with van der Waals surface area (Å²) in [4.78, 5) is 70.2. The van der Waals surface area contributed by atoms with E-state index in [0.717, 1.165) is 147 Å². The van der Waals surface area contributed by atoms with Crippen molar-refractivity contribution in [1.29, 1.82) is 0 Å². The Hall–Kier alpha value is -10.9. The Labute approximate surface area is 673 Å². The van der Waals surface area contributed by atoms with E-state index in [1.807, 2.05) is 109 Å². The summed E-state index contributed by atoms with van der Waals surface area (Å²) in [6, 6.07) is 71.8. The largest absolute Gasteiger partial charge is 0.493 e. The normalized spacial score (nSPS) is 15.1. The number of aliphatic carboxylic acids is 3. The highest BCUT2D eigenvalue weighted by Gasteiger charge is 2.42. The molecule has 2 unspecified atom stereocenters. The summed E-state index contributed by atoms with van der Waals surface area (Å²) in [6.07, 6.45) is 13.1. The van der Waals surface area contributed by atoms with E-state index in [0.29, 0.717) is 30.2 Å². The maximum atomic E-state index is 12.1. The van der Waals surface area contributed by atoms with E-state index in [4.69, 9.17) is 41.1 Å². The van der Waals surface area contributed by atoms with Gasteiger partial charge in [-0.2, -0.15) is 0 Å². The molecule has 7 N–H and O–H groups in total. The van der Waals surface area contributed by atoms with Crippen molar-refractivity contribution in [2.75, 3.05) is 105 Å². The van der Waals surface area contributed by atoms with Crippen LogP contribution in [0, 0.1) is 12.8 Å². The number of amides is 1. The van der Waals surface area contributed by atoms with Crippen molar-refractivity contribution >= 4 is 64.8 Å². The molecule has 3 aliphatic rings. The zero-order valence-corrected chi connectivity index (χ0v) is 66.2. The Balaban J connectivity index is 0.000000177. The summed E-state index contributed by atoms with van der Waals surface area (Å²) in [5.74, 6) is -3.02. The number of benzene rings is 8. The number of rotatable bonds is 30. The lowest BCUT2D eigenvalue weighted by Gasteiger charge is -2.42. The van der Waals surface area contributed by atoms with Gasteiger partial charge in [0.1, 0.15) is 12.2 Å². The monoisotopic (exact) mass is 1560 g/mol. The maximum absolute atomic E-state index is 12.1. The lowest BCUT2D eigenvalue weighted by molar-refractivity contribution is -0.143. The van der Waals surface area contributed by atoms with Crippen molar-refractivity contribution in [2.24, 2.45) is 5.92 Å². The number of carbonyl (C=O) groups excluding carboxylic acids is 1. The molecule has 0 saturated carbocycles. The number of nitrogens with zero attached hydrogens (tertiary/aromatic N) is 5. The molecule has 0 spiro atoms. The van der Waals surface area contributed by atoms with E-state index >= 15 is 0 Å². The van der Waals surface area contributed by atoms with Gasteiger partial charge in [-0.15, -0.1) is 0 Å². The highest BCUT2D eigenvalue weighted by molar-refractivity contribution is 6.30. The van der Waals surface area contributed by atoms with Crippen LogP contribution in [0.5, 0.6) is 11.5 Å². The van der Waals surface area contributed by atoms with Gasteiger partial charge in [0.2, 0.25) is 5.91 Å². The lowest BCUT2D eigenvalue weighted by atomic mass is 9.72. The van der Waals surface area contributed by atoms with Crippen LogP contribution in [0.3, 0.4) is 0 Å². The maximum Gasteiger partial charge on any atom is 0.337 e. The lowest BCUT2D eigenvalue weighted by Crippen LogP contribution is -2.48. The van der Waals surface area contributed by atoms with Gasteiger partial charge in [0.05, 0.1) is 61.0 Å². The number of aliphatic hydroxyl groups is 2. The molecule has 3 saturated heterocycles. The first kappa shape index (κ1) is 87.1. The van der Waals surface area contributed by atoms with Gasteiger partial charge in [-0.25, -0.2) is 19.4 Å². The standard InChI is InChI=1S/C32H39NO4.C22H24N2O2.C21H25ClN2O3.C18H17NO5/c1-31(2,30(35)36)25-17-15-24(16-18-25)29(34)14-9-21-33-22-19-28(20-23-33)32(37,26-10-5-3-6-11-26)27-12-7-4-8-13-27;1-17-7-9-18(10-8-17)20(13-16-24-14-2-3-15-24)21-6-4-5-19(23-21)11-12-22(25)26;22-19-8-6-18(7-9-19)21(17-4-2-1-3-5-17)24-12-10-23(11-13-24)14-15-27-16-20(25)26;1-23-15-9-7-12(11-16(15)24-2)8-10-17(20)19-14-6-4-3-5-13(14)18(21)22/h3-8,10-13,15-18,28-29,34,37H,9,14,19-23H2,1-2H3,(H,35,36);4-13H,2-3,14-16H2,1H3,(H,25,26);1-9,21H,10-16H2,(H,25,26);3-11H,1-2H3,(H,19,20)(H,21,22)/b;12-11+,20-13+;;10-8+. The van der Waals surface area contributed by atoms with E-state index in [2.05, 4.69) is 104 Å². The highest BCUT2D eigenvalue weighted by atomic mass is 35.5. The quantitative estimate of drug-likeness (QED) is 0.0163. The minimum absolute atomic E-state index is 0.0327. The molecule has 2 atom stereocenters. The van der Waals surface area contributed by atoms with Gasteiger partial charge >= 0.3 is 23.9 Å². The van der Waals surface area contributed by atoms with Gasteiger partial charge in [0.25, 0.3) is 0 Å². The van der Waals surface area contributed by atoms with Gasteiger partial charge in [-0.3, -0.25) is 24.3 Å². The average Bonchev–Trinajstić information content (AvgIpc) is 0.764. The number of aromatic nitrogens is 1. The molecule has 0 radical (unpaired) electrons. The number of carboxylic acid groups (broad SMARTS) is 4. The van der Waals surface area contributed by atoms with E-state index in [-0.39, 0.29) is 29.8 Å². The second-order valence-electron chi connectivity index (χ2n) is 28.9. The Bertz CT molecular complexity index is 4580. The van der Waals surface area contributed by atoms with Crippen molar-refractivity contribution in [3.8, 4) is 11.5 Å². The Kier molecular flexibility index (Phi) is 33.6. The number of halogens is 1. The molecule has 114 heavy (non-hydrogen) atoms. The van der Waals surface area contributed by atoms with Crippen molar-refractivity contribution < 1.29 is 68.8 Å². The van der Waals surface area contributed by atoms with Crippen LogP contribution >= 0.6 is 11.6 Å². The average molecular weight is 1570 g/mol. The van der Waals surface area contributed by atoms with Crippen molar-refractivity contribution in [1.82, 2.24) is 24.6 Å². The van der Waals surface area contributed by atoms with Crippen LogP contribution in [-0.2, 0) is 34.9 Å². The molecule has 9 aromatic rings. The molecular formula is C93H105ClN6O14. The number of aliphatic hydroxyl groups excluding tert-OH is 1. The fraction of sp³-hybridized carbons (Fsp3) is 0.312. The van der Waals surface area contributed by atoms with Crippen LogP contribution in [0.4, 0.5) is 5.69 Å². The minimum Gasteiger partial charge on any atom is -0.493 e. The van der Waals surface area contributed by atoms with Gasteiger partial charge in [-0.1, -0.05) is 199 Å². The van der Waals surface area contributed by atoms with E-state index in [9.17, 15) is 39.3 Å². The van der Waals surface area contributed by atoms with Crippen LogP contribution in [-0.4, -0.2) is 184 Å². The van der Waals surface area contributed by atoms with Crippen LogP contribution in [0.2, 0.25) is 5.02 Å². The fourth-order valence-electron chi connectivity index (χ4n) is 14.2. The first-order chi connectivity index (χ1) is 55.0. The van der Waals surface area contributed by atoms with Crippen LogP contribution in [0.25, 0.3) is 17.7 Å². The number of piperazine rings is 1. The highest BCUT2D eigenvalue weighted by Crippen LogP contribution is 2.42. The summed E-state index contributed by atoms with van der Waals surface area (Å²) in [7, 11) is 3.07. The number of likely N-dealkylation sites (tertiary alicyclic amines) is 2. The van der Waals surface area contributed by atoms with Gasteiger partial charge in [0.15, 0.2) is 11.5 Å². The molecular weight excluding hydrogens is 1460 g/mol. The molecule has 1 aromatic heterocycles. The number of pyridine rings is 1. The molecule has 21 heteroatoms. The molecule has 1 amide bonds. The van der Waals surface area contributed by atoms with Crippen molar-refractivity contribution in [2.45, 2.75) is 82.5 Å². The van der Waals surface area contributed by atoms with Gasteiger partial charge in [-0.05, 0) is 203 Å². The summed E-state index contributed by atoms with van der Waals surface area (Å²) in [6.45, 7) is 16.1. The summed E-state index contributed by atoms with van der Waals surface area (Å²) < 4.78 is 15.5. The Morgan fingerprint density at radius 1 is 0.596 bits per heavy atom. The van der Waals surface area contributed by atoms with Crippen LogP contribution in [0.15, 0.2) is 243 Å². The number of aryl methyl sites for hydroxylation is 1. The number of hydrogen-bond donors (Lipinski definition) is 7. The number of para-hydroxylation sites is 1. The van der Waals surface area contributed by atoms with Crippen LogP contribution in [0.1, 0.15) is 136 Å². The third-order valence-corrected chi connectivity index (χ3v) is 21.0. The predicted molar refractivity (Wildman–Crippen MR) is 448 cm³/mol. The summed E-state index contributed by atoms with van der Waals surface area (Å²) in [5, 5.41) is 62.0. The zero-order valence-electron chi connectivity index (χ0n) is 65.5.